The maximum absolute atomic E-state index is 10.0. The van der Waals surface area contributed by atoms with Gasteiger partial charge in [0.15, 0.2) is 0 Å². The van der Waals surface area contributed by atoms with Crippen molar-refractivity contribution in [2.24, 2.45) is 5.92 Å². The second-order valence-electron chi connectivity index (χ2n) is 4.35. The Bertz CT molecular complexity index is 165. The Morgan fingerprint density at radius 2 is 1.75 bits per heavy atom. The van der Waals surface area contributed by atoms with E-state index in [4.69, 9.17) is 5.11 Å². The highest BCUT2D eigenvalue weighted by atomic mass is 16.4. The van der Waals surface area contributed by atoms with E-state index < -0.39 is 5.97 Å². The van der Waals surface area contributed by atoms with Gasteiger partial charge >= 0.3 is 5.97 Å². The molecule has 0 heterocycles. The molecule has 3 heteroatoms. The number of aliphatic carboxylic acids is 1. The standard InChI is InChI=1S/C8H16O2.C5H10O/c1-2-3-4-5-6-7-8(9)10;1-5(2)3-4-6/h2-7H2,1H3,(H,9,10);4-5H,3H2,1-2H3. The second-order valence-corrected chi connectivity index (χ2v) is 4.35. The number of rotatable bonds is 8. The first-order valence-electron chi connectivity index (χ1n) is 6.20. The Labute approximate surface area is 99.2 Å². The molecule has 3 nitrogen and oxygen atoms in total. The van der Waals surface area contributed by atoms with Gasteiger partial charge < -0.3 is 9.90 Å². The van der Waals surface area contributed by atoms with Gasteiger partial charge in [-0.1, -0.05) is 46.5 Å². The highest BCUT2D eigenvalue weighted by Gasteiger charge is 1.94. The van der Waals surface area contributed by atoms with Gasteiger partial charge in [-0.25, -0.2) is 0 Å². The van der Waals surface area contributed by atoms with Crippen LogP contribution in [0.2, 0.25) is 0 Å². The number of carboxylic acid groups (broad SMARTS) is 1. The Hall–Kier alpha value is -0.860. The third kappa shape index (κ3) is 23.2. The Kier molecular flexibility index (Phi) is 15.5. The van der Waals surface area contributed by atoms with Crippen LogP contribution in [-0.4, -0.2) is 17.4 Å². The molecule has 0 saturated carbocycles. The molecule has 0 atom stereocenters. The van der Waals surface area contributed by atoms with E-state index in [0.29, 0.717) is 18.8 Å². The van der Waals surface area contributed by atoms with Crippen molar-refractivity contribution < 1.29 is 14.7 Å². The van der Waals surface area contributed by atoms with Gasteiger partial charge in [0.25, 0.3) is 0 Å². The van der Waals surface area contributed by atoms with Gasteiger partial charge in [-0.15, -0.1) is 0 Å². The zero-order chi connectivity index (χ0) is 12.8. The molecule has 0 aliphatic heterocycles. The van der Waals surface area contributed by atoms with E-state index in [1.165, 1.54) is 19.3 Å². The molecule has 0 saturated heterocycles. The molecule has 0 aliphatic carbocycles. The number of hydrogen-bond acceptors (Lipinski definition) is 2. The molecule has 0 aromatic rings. The molecule has 0 bridgehead atoms. The van der Waals surface area contributed by atoms with Crippen LogP contribution >= 0.6 is 0 Å². The smallest absolute Gasteiger partial charge is 0.303 e. The van der Waals surface area contributed by atoms with E-state index in [9.17, 15) is 9.59 Å². The van der Waals surface area contributed by atoms with Gasteiger partial charge in [-0.05, 0) is 12.3 Å². The van der Waals surface area contributed by atoms with E-state index in [0.717, 1.165) is 19.1 Å². The van der Waals surface area contributed by atoms with Gasteiger partial charge in [0.1, 0.15) is 6.29 Å². The quantitative estimate of drug-likeness (QED) is 0.511. The SMILES string of the molecule is CC(C)CC=O.CCCCCCCC(=O)O. The van der Waals surface area contributed by atoms with Crippen molar-refractivity contribution in [2.45, 2.75) is 65.7 Å². The molecular weight excluding hydrogens is 204 g/mol. The van der Waals surface area contributed by atoms with Crippen LogP contribution in [0.4, 0.5) is 0 Å². The molecule has 0 amide bonds. The first-order chi connectivity index (χ1) is 7.54. The molecule has 0 spiro atoms. The first kappa shape index (κ1) is 17.5. The van der Waals surface area contributed by atoms with Crippen molar-refractivity contribution in [1.29, 1.82) is 0 Å². The molecule has 0 radical (unpaired) electrons. The lowest BCUT2D eigenvalue weighted by atomic mass is 10.1. The monoisotopic (exact) mass is 230 g/mol. The lowest BCUT2D eigenvalue weighted by Gasteiger charge is -1.95. The van der Waals surface area contributed by atoms with Crippen LogP contribution in [0.25, 0.3) is 0 Å². The maximum Gasteiger partial charge on any atom is 0.303 e. The zero-order valence-corrected chi connectivity index (χ0v) is 10.9. The number of carbonyl (C=O) groups is 2. The van der Waals surface area contributed by atoms with Gasteiger partial charge in [0.05, 0.1) is 0 Å². The van der Waals surface area contributed by atoms with Crippen LogP contribution in [0.1, 0.15) is 65.7 Å². The van der Waals surface area contributed by atoms with Crippen LogP contribution in [0.15, 0.2) is 0 Å². The lowest BCUT2D eigenvalue weighted by Crippen LogP contribution is -1.93. The maximum atomic E-state index is 10.0. The van der Waals surface area contributed by atoms with Crippen molar-refractivity contribution >= 4 is 12.3 Å². The summed E-state index contributed by atoms with van der Waals surface area (Å²) in [5.74, 6) is -0.140. The fourth-order valence-corrected chi connectivity index (χ4v) is 1.07. The number of aldehydes is 1. The highest BCUT2D eigenvalue weighted by molar-refractivity contribution is 5.66. The molecule has 0 aromatic heterocycles. The highest BCUT2D eigenvalue weighted by Crippen LogP contribution is 2.04. The molecule has 0 aromatic carbocycles. The first-order valence-corrected chi connectivity index (χ1v) is 6.20. The number of unbranched alkanes of at least 4 members (excludes halogenated alkanes) is 4. The van der Waals surface area contributed by atoms with Crippen LogP contribution in [-0.2, 0) is 9.59 Å². The fraction of sp³-hybridized carbons (Fsp3) is 0.846. The summed E-state index contributed by atoms with van der Waals surface area (Å²) in [4.78, 5) is 19.6. The van der Waals surface area contributed by atoms with Gasteiger partial charge in [-0.3, -0.25) is 4.79 Å². The normalized spacial score (nSPS) is 9.50. The van der Waals surface area contributed by atoms with E-state index in [1.807, 2.05) is 13.8 Å². The Morgan fingerprint density at radius 3 is 2.06 bits per heavy atom. The van der Waals surface area contributed by atoms with Crippen molar-refractivity contribution in [3.8, 4) is 0 Å². The predicted octanol–water partition coefficient (Wildman–Crippen LogP) is 3.66. The zero-order valence-electron chi connectivity index (χ0n) is 10.9. The molecule has 0 rings (SSSR count). The molecule has 0 aliphatic rings. The summed E-state index contributed by atoms with van der Waals surface area (Å²) in [7, 11) is 0. The van der Waals surface area contributed by atoms with Crippen molar-refractivity contribution in [1.82, 2.24) is 0 Å². The fourth-order valence-electron chi connectivity index (χ4n) is 1.07. The summed E-state index contributed by atoms with van der Waals surface area (Å²) < 4.78 is 0. The summed E-state index contributed by atoms with van der Waals surface area (Å²) in [6.45, 7) is 6.19. The van der Waals surface area contributed by atoms with Gasteiger partial charge in [0, 0.05) is 12.8 Å². The van der Waals surface area contributed by atoms with Crippen molar-refractivity contribution in [2.75, 3.05) is 0 Å². The van der Waals surface area contributed by atoms with E-state index in [2.05, 4.69) is 6.92 Å². The molecule has 16 heavy (non-hydrogen) atoms. The number of carbonyl (C=O) groups excluding carboxylic acids is 1. The van der Waals surface area contributed by atoms with E-state index in [-0.39, 0.29) is 0 Å². The van der Waals surface area contributed by atoms with E-state index >= 15 is 0 Å². The average molecular weight is 230 g/mol. The van der Waals surface area contributed by atoms with Crippen LogP contribution in [0, 0.1) is 5.92 Å². The molecule has 96 valence electrons. The van der Waals surface area contributed by atoms with Crippen LogP contribution in [0.3, 0.4) is 0 Å². The third-order valence-electron chi connectivity index (χ3n) is 2.06. The van der Waals surface area contributed by atoms with E-state index in [1.54, 1.807) is 0 Å². The molecule has 0 unspecified atom stereocenters. The topological polar surface area (TPSA) is 54.4 Å². The molecule has 0 fully saturated rings. The minimum absolute atomic E-state index is 0.337. The van der Waals surface area contributed by atoms with Gasteiger partial charge in [0.2, 0.25) is 0 Å². The Balaban J connectivity index is 0. The molecular formula is C13H26O3. The summed E-state index contributed by atoms with van der Waals surface area (Å²) in [6.07, 6.45) is 7.53. The number of carboxylic acids is 1. The lowest BCUT2D eigenvalue weighted by molar-refractivity contribution is -0.137. The minimum Gasteiger partial charge on any atom is -0.481 e. The third-order valence-corrected chi connectivity index (χ3v) is 2.06. The summed E-state index contributed by atoms with van der Waals surface area (Å²) in [6, 6.07) is 0. The summed E-state index contributed by atoms with van der Waals surface area (Å²) >= 11 is 0. The molecule has 1 N–H and O–H groups in total. The predicted molar refractivity (Wildman–Crippen MR) is 66.5 cm³/mol. The largest absolute Gasteiger partial charge is 0.481 e. The van der Waals surface area contributed by atoms with Crippen molar-refractivity contribution in [3.63, 3.8) is 0 Å². The van der Waals surface area contributed by atoms with Crippen LogP contribution in [0.5, 0.6) is 0 Å². The summed E-state index contributed by atoms with van der Waals surface area (Å²) in [5, 5.41) is 8.27. The Morgan fingerprint density at radius 1 is 1.19 bits per heavy atom. The van der Waals surface area contributed by atoms with Gasteiger partial charge in [-0.2, -0.15) is 0 Å². The summed E-state index contributed by atoms with van der Waals surface area (Å²) in [5.41, 5.74) is 0. The average Bonchev–Trinajstić information content (AvgIpc) is 2.17. The second kappa shape index (κ2) is 14.1. The minimum atomic E-state index is -0.670. The number of hydrogen-bond donors (Lipinski definition) is 1. The van der Waals surface area contributed by atoms with Crippen molar-refractivity contribution in [3.05, 3.63) is 0 Å². The van der Waals surface area contributed by atoms with Crippen LogP contribution < -0.4 is 0 Å².